The van der Waals surface area contributed by atoms with E-state index in [0.29, 0.717) is 0 Å². The van der Waals surface area contributed by atoms with Crippen LogP contribution in [0.25, 0.3) is 0 Å². The Balaban J connectivity index is 0.00000192. The lowest BCUT2D eigenvalue weighted by Crippen LogP contribution is -2.34. The average Bonchev–Trinajstić information content (AvgIpc) is 2.59. The van der Waals surface area contributed by atoms with Crippen LogP contribution in [0.4, 0.5) is 0 Å². The molecular weight excluding hydrogens is 339 g/mol. The van der Waals surface area contributed by atoms with Crippen molar-refractivity contribution in [2.75, 3.05) is 5.49 Å². The summed E-state index contributed by atoms with van der Waals surface area (Å²) in [5.41, 5.74) is 2.06. The molecule has 0 aromatic heterocycles. The van der Waals surface area contributed by atoms with E-state index in [1.54, 1.807) is 0 Å². The summed E-state index contributed by atoms with van der Waals surface area (Å²) < 4.78 is 0. The highest BCUT2D eigenvalue weighted by atomic mass is 35.5. The summed E-state index contributed by atoms with van der Waals surface area (Å²) in [6, 6.07) is 30.3. The van der Waals surface area contributed by atoms with Crippen LogP contribution < -0.4 is 15.9 Å². The lowest BCUT2D eigenvalue weighted by Gasteiger charge is -2.31. The van der Waals surface area contributed by atoms with Crippen LogP contribution in [0.3, 0.4) is 0 Å². The van der Waals surface area contributed by atoms with Crippen molar-refractivity contribution in [3.05, 3.63) is 90.5 Å². The third kappa shape index (κ3) is 3.33. The number of aryl methyl sites for hydroxylation is 1. The second kappa shape index (κ2) is 8.02. The van der Waals surface area contributed by atoms with Crippen LogP contribution >= 0.6 is 19.7 Å². The minimum atomic E-state index is -1.76. The van der Waals surface area contributed by atoms with Gasteiger partial charge in [-0.3, -0.25) is 0 Å². The van der Waals surface area contributed by atoms with Crippen molar-refractivity contribution in [1.29, 1.82) is 0 Å². The summed E-state index contributed by atoms with van der Waals surface area (Å²) in [5, 5.41) is 4.14. The molecule has 118 valence electrons. The first-order valence-electron chi connectivity index (χ1n) is 7.42. The molecular formula is C20H20ClPS. The van der Waals surface area contributed by atoms with Crippen LogP contribution in [0, 0.1) is 6.92 Å². The Kier molecular flexibility index (Phi) is 6.30. The smallest absolute Gasteiger partial charge is 0.105 e. The average molecular weight is 359 g/mol. The molecule has 0 aliphatic rings. The van der Waals surface area contributed by atoms with Crippen molar-refractivity contribution >= 4 is 48.2 Å². The van der Waals surface area contributed by atoms with Crippen LogP contribution in [0.2, 0.25) is 0 Å². The van der Waals surface area contributed by atoms with Crippen molar-refractivity contribution in [1.82, 2.24) is 0 Å². The molecule has 0 saturated heterocycles. The molecule has 3 heteroatoms. The van der Waals surface area contributed by atoms with Gasteiger partial charge in [-0.1, -0.05) is 54.6 Å². The third-order valence-corrected chi connectivity index (χ3v) is 9.35. The Bertz CT molecular complexity index is 704. The molecule has 0 unspecified atom stereocenters. The molecule has 3 aromatic rings. The molecule has 0 amide bonds. The summed E-state index contributed by atoms with van der Waals surface area (Å²) in [6.45, 7) is 2.20. The normalized spacial score (nSPS) is 10.9. The zero-order valence-electron chi connectivity index (χ0n) is 13.1. The molecule has 0 radical (unpaired) electrons. The van der Waals surface area contributed by atoms with E-state index >= 15 is 0 Å². The van der Waals surface area contributed by atoms with E-state index in [0.717, 1.165) is 5.49 Å². The van der Waals surface area contributed by atoms with E-state index in [2.05, 4.69) is 91.9 Å². The van der Waals surface area contributed by atoms with Crippen molar-refractivity contribution in [2.45, 2.75) is 6.92 Å². The Hall–Kier alpha value is -1.27. The molecule has 0 heterocycles. The van der Waals surface area contributed by atoms with Crippen LogP contribution in [0.15, 0.2) is 84.9 Å². The number of benzene rings is 3. The van der Waals surface area contributed by atoms with Crippen molar-refractivity contribution in [3.8, 4) is 0 Å². The standard InChI is InChI=1S/C20H19PS.ClH/c1-17-10-8-9-15-20(17)21(16-22,18-11-4-2-5-12-18)19-13-6-3-7-14-19;/h2-15H,16H2,1H3;1H. The fraction of sp³-hybridized carbons (Fsp3) is 0.100. The summed E-state index contributed by atoms with van der Waals surface area (Å²) in [6.07, 6.45) is 0. The number of hydrogen-bond acceptors (Lipinski definition) is 1. The largest absolute Gasteiger partial charge is 0.750 e. The first-order chi connectivity index (χ1) is 10.8. The zero-order chi connectivity index (χ0) is 15.4. The van der Waals surface area contributed by atoms with Gasteiger partial charge >= 0.3 is 0 Å². The monoisotopic (exact) mass is 358 g/mol. The van der Waals surface area contributed by atoms with Gasteiger partial charge in [0.05, 0.1) is 7.26 Å². The first-order valence-corrected chi connectivity index (χ1v) is 9.98. The molecule has 0 N–H and O–H groups in total. The van der Waals surface area contributed by atoms with Crippen molar-refractivity contribution in [2.24, 2.45) is 0 Å². The van der Waals surface area contributed by atoms with E-state index in [-0.39, 0.29) is 12.4 Å². The van der Waals surface area contributed by atoms with Gasteiger partial charge in [0.1, 0.15) is 15.9 Å². The van der Waals surface area contributed by atoms with E-state index in [1.807, 2.05) is 0 Å². The summed E-state index contributed by atoms with van der Waals surface area (Å²) in [7, 11) is -1.76. The fourth-order valence-corrected chi connectivity index (χ4v) is 7.99. The molecule has 23 heavy (non-hydrogen) atoms. The van der Waals surface area contributed by atoms with Gasteiger partial charge in [0.2, 0.25) is 0 Å². The third-order valence-electron chi connectivity index (χ3n) is 4.11. The van der Waals surface area contributed by atoms with Crippen LogP contribution in [-0.4, -0.2) is 5.49 Å². The maximum atomic E-state index is 5.74. The van der Waals surface area contributed by atoms with Gasteiger partial charge in [-0.15, -0.1) is 12.4 Å². The summed E-state index contributed by atoms with van der Waals surface area (Å²) >= 11 is 5.74. The second-order valence-electron chi connectivity index (χ2n) is 5.40. The van der Waals surface area contributed by atoms with E-state index in [4.69, 9.17) is 12.6 Å². The van der Waals surface area contributed by atoms with Crippen molar-refractivity contribution < 1.29 is 0 Å². The zero-order valence-corrected chi connectivity index (χ0v) is 15.6. The maximum absolute atomic E-state index is 5.74. The van der Waals surface area contributed by atoms with E-state index < -0.39 is 7.26 Å². The molecule has 0 nitrogen and oxygen atoms in total. The molecule has 0 atom stereocenters. The highest BCUT2D eigenvalue weighted by Crippen LogP contribution is 2.55. The van der Waals surface area contributed by atoms with Gasteiger partial charge in [-0.05, 0) is 48.3 Å². The number of hydrogen-bond donors (Lipinski definition) is 0. The molecule has 3 aromatic carbocycles. The van der Waals surface area contributed by atoms with E-state index in [1.165, 1.54) is 21.5 Å². The van der Waals surface area contributed by atoms with Gasteiger partial charge in [-0.25, -0.2) is 0 Å². The lowest BCUT2D eigenvalue weighted by atomic mass is 10.2. The summed E-state index contributed by atoms with van der Waals surface area (Å²) in [4.78, 5) is 0. The molecule has 0 bridgehead atoms. The fourth-order valence-electron chi connectivity index (χ4n) is 3.00. The van der Waals surface area contributed by atoms with Gasteiger partial charge < -0.3 is 12.6 Å². The molecule has 0 aliphatic heterocycles. The van der Waals surface area contributed by atoms with E-state index in [9.17, 15) is 0 Å². The summed E-state index contributed by atoms with van der Waals surface area (Å²) in [5.74, 6) is 0. The van der Waals surface area contributed by atoms with Gasteiger partial charge in [0.15, 0.2) is 0 Å². The van der Waals surface area contributed by atoms with Gasteiger partial charge in [0, 0.05) is 0 Å². The predicted molar refractivity (Wildman–Crippen MR) is 109 cm³/mol. The number of halogens is 1. The molecule has 0 spiro atoms. The first kappa shape index (κ1) is 18.1. The number of rotatable bonds is 4. The molecule has 3 rings (SSSR count). The Morgan fingerprint density at radius 3 is 1.57 bits per heavy atom. The van der Waals surface area contributed by atoms with Crippen molar-refractivity contribution in [3.63, 3.8) is 0 Å². The van der Waals surface area contributed by atoms with Crippen LogP contribution in [-0.2, 0) is 12.6 Å². The Labute approximate surface area is 151 Å². The maximum Gasteiger partial charge on any atom is 0.105 e. The second-order valence-corrected chi connectivity index (χ2v) is 9.56. The van der Waals surface area contributed by atoms with Gasteiger partial charge in [-0.2, -0.15) is 0 Å². The minimum Gasteiger partial charge on any atom is -0.750 e. The topological polar surface area (TPSA) is 0 Å². The molecule has 0 fully saturated rings. The highest BCUT2D eigenvalue weighted by Gasteiger charge is 2.41. The lowest BCUT2D eigenvalue weighted by molar-refractivity contribution is 1.51. The quantitative estimate of drug-likeness (QED) is 0.497. The molecule has 0 aliphatic carbocycles. The van der Waals surface area contributed by atoms with Gasteiger partial charge in [0.25, 0.3) is 0 Å². The van der Waals surface area contributed by atoms with Crippen LogP contribution in [0.1, 0.15) is 5.56 Å². The minimum absolute atomic E-state index is 0. The molecule has 0 saturated carbocycles. The Morgan fingerprint density at radius 2 is 1.13 bits per heavy atom. The Morgan fingerprint density at radius 1 is 0.696 bits per heavy atom. The van der Waals surface area contributed by atoms with Crippen LogP contribution in [0.5, 0.6) is 0 Å². The highest BCUT2D eigenvalue weighted by molar-refractivity contribution is 8.01. The SMILES string of the molecule is Cc1ccccc1[P+](C[S-])(c1ccccc1)c1ccccc1.Cl. The predicted octanol–water partition coefficient (Wildman–Crippen LogP) is 4.22.